The van der Waals surface area contributed by atoms with Crippen molar-refractivity contribution < 1.29 is 14.3 Å². The Hall–Kier alpha value is -2.29. The molecule has 0 bridgehead atoms. The van der Waals surface area contributed by atoms with Crippen molar-refractivity contribution in [3.05, 3.63) is 59.7 Å². The first-order chi connectivity index (χ1) is 11.9. The topological polar surface area (TPSA) is 35.5 Å². The number of hydrogen-bond acceptors (Lipinski definition) is 3. The average Bonchev–Trinajstić information content (AvgIpc) is 2.61. The Bertz CT molecular complexity index is 669. The largest absolute Gasteiger partial charge is 0.494 e. The number of esters is 1. The van der Waals surface area contributed by atoms with Crippen molar-refractivity contribution in [2.24, 2.45) is 0 Å². The van der Waals surface area contributed by atoms with E-state index in [1.54, 1.807) is 0 Å². The Morgan fingerprint density at radius 1 is 0.960 bits per heavy atom. The Morgan fingerprint density at radius 2 is 1.56 bits per heavy atom. The van der Waals surface area contributed by atoms with Gasteiger partial charge in [-0.15, -0.1) is 0 Å². The van der Waals surface area contributed by atoms with Gasteiger partial charge in [-0.1, -0.05) is 50.6 Å². The summed E-state index contributed by atoms with van der Waals surface area (Å²) in [5.74, 6) is 1.20. The highest BCUT2D eigenvalue weighted by atomic mass is 16.5. The van der Waals surface area contributed by atoms with Gasteiger partial charge < -0.3 is 9.47 Å². The third-order valence-corrected chi connectivity index (χ3v) is 4.57. The number of carbonyl (C=O) groups is 1. The van der Waals surface area contributed by atoms with E-state index in [9.17, 15) is 4.79 Å². The van der Waals surface area contributed by atoms with E-state index in [4.69, 9.17) is 9.47 Å². The first-order valence-corrected chi connectivity index (χ1v) is 8.91. The number of carbonyl (C=O) groups excluding carboxylic acids is 1. The zero-order chi connectivity index (χ0) is 18.3. The monoisotopic (exact) mass is 340 g/mol. The van der Waals surface area contributed by atoms with Crippen LogP contribution in [-0.2, 0) is 10.2 Å². The van der Waals surface area contributed by atoms with Crippen LogP contribution in [0.25, 0.3) is 0 Å². The second-order valence-corrected chi connectivity index (χ2v) is 7.00. The number of ether oxygens (including phenoxy) is 2. The van der Waals surface area contributed by atoms with Gasteiger partial charge in [0.2, 0.25) is 0 Å². The third-order valence-electron chi connectivity index (χ3n) is 4.57. The number of benzene rings is 2. The summed E-state index contributed by atoms with van der Waals surface area (Å²) in [6.07, 6.45) is 2.07. The SMILES string of the molecule is CCC(C)(C)c1ccc(OCCCC(=O)Oc2ccc(C)cc2)cc1. The van der Waals surface area contributed by atoms with E-state index < -0.39 is 0 Å². The van der Waals surface area contributed by atoms with Crippen molar-refractivity contribution in [2.45, 2.75) is 52.4 Å². The molecule has 0 amide bonds. The number of rotatable bonds is 8. The summed E-state index contributed by atoms with van der Waals surface area (Å²) in [5.41, 5.74) is 2.63. The van der Waals surface area contributed by atoms with Crippen LogP contribution in [0.5, 0.6) is 11.5 Å². The summed E-state index contributed by atoms with van der Waals surface area (Å²) >= 11 is 0. The summed E-state index contributed by atoms with van der Waals surface area (Å²) in [7, 11) is 0. The number of aryl methyl sites for hydroxylation is 1. The normalized spacial score (nSPS) is 11.2. The molecule has 0 saturated heterocycles. The molecule has 2 aromatic rings. The Kier molecular flexibility index (Phi) is 6.63. The highest BCUT2D eigenvalue weighted by Crippen LogP contribution is 2.28. The van der Waals surface area contributed by atoms with Gasteiger partial charge in [-0.3, -0.25) is 4.79 Å². The molecule has 0 fully saturated rings. The highest BCUT2D eigenvalue weighted by Gasteiger charge is 2.17. The van der Waals surface area contributed by atoms with Crippen LogP contribution in [0.1, 0.15) is 51.2 Å². The summed E-state index contributed by atoms with van der Waals surface area (Å²) < 4.78 is 11.0. The lowest BCUT2D eigenvalue weighted by atomic mass is 9.82. The van der Waals surface area contributed by atoms with E-state index in [0.29, 0.717) is 25.2 Å². The van der Waals surface area contributed by atoms with E-state index in [-0.39, 0.29) is 11.4 Å². The molecule has 25 heavy (non-hydrogen) atoms. The predicted octanol–water partition coefficient (Wildman–Crippen LogP) is 5.45. The van der Waals surface area contributed by atoms with E-state index >= 15 is 0 Å². The van der Waals surface area contributed by atoms with Gasteiger partial charge in [-0.2, -0.15) is 0 Å². The molecule has 2 aromatic carbocycles. The molecule has 0 N–H and O–H groups in total. The van der Waals surface area contributed by atoms with E-state index in [0.717, 1.165) is 17.7 Å². The van der Waals surface area contributed by atoms with E-state index in [1.165, 1.54) is 5.56 Å². The van der Waals surface area contributed by atoms with E-state index in [1.807, 2.05) is 43.3 Å². The van der Waals surface area contributed by atoms with Crippen LogP contribution >= 0.6 is 0 Å². The fourth-order valence-corrected chi connectivity index (χ4v) is 2.40. The summed E-state index contributed by atoms with van der Waals surface area (Å²) in [4.78, 5) is 11.8. The van der Waals surface area contributed by atoms with Gasteiger partial charge >= 0.3 is 5.97 Å². The van der Waals surface area contributed by atoms with Crippen LogP contribution in [0, 0.1) is 6.92 Å². The van der Waals surface area contributed by atoms with E-state index in [2.05, 4.69) is 32.9 Å². The van der Waals surface area contributed by atoms with Crippen molar-refractivity contribution in [1.82, 2.24) is 0 Å². The van der Waals surface area contributed by atoms with Crippen LogP contribution in [0.2, 0.25) is 0 Å². The van der Waals surface area contributed by atoms with Crippen molar-refractivity contribution in [2.75, 3.05) is 6.61 Å². The molecule has 134 valence electrons. The van der Waals surface area contributed by atoms with Crippen molar-refractivity contribution in [3.8, 4) is 11.5 Å². The molecule has 3 heteroatoms. The summed E-state index contributed by atoms with van der Waals surface area (Å²) in [5, 5.41) is 0. The fourth-order valence-electron chi connectivity index (χ4n) is 2.40. The smallest absolute Gasteiger partial charge is 0.311 e. The molecular formula is C22H28O3. The molecule has 2 rings (SSSR count). The molecule has 0 aliphatic rings. The van der Waals surface area contributed by atoms with Gasteiger partial charge in [0.15, 0.2) is 0 Å². The quantitative estimate of drug-likeness (QED) is 0.364. The second-order valence-electron chi connectivity index (χ2n) is 7.00. The van der Waals surface area contributed by atoms with Gasteiger partial charge in [-0.25, -0.2) is 0 Å². The molecule has 0 spiro atoms. The standard InChI is InChI=1S/C22H28O3/c1-5-22(3,4)18-10-14-19(15-11-18)24-16-6-7-21(23)25-20-12-8-17(2)9-13-20/h8-15H,5-7,16H2,1-4H3. The van der Waals surface area contributed by atoms with Crippen molar-refractivity contribution >= 4 is 5.97 Å². The molecule has 0 aromatic heterocycles. The number of hydrogen-bond donors (Lipinski definition) is 0. The molecule has 0 aliphatic carbocycles. The Labute approximate surface area is 151 Å². The Morgan fingerprint density at radius 3 is 2.16 bits per heavy atom. The first-order valence-electron chi connectivity index (χ1n) is 8.91. The fraction of sp³-hybridized carbons (Fsp3) is 0.409. The first kappa shape index (κ1) is 19.0. The van der Waals surface area contributed by atoms with Crippen LogP contribution < -0.4 is 9.47 Å². The minimum Gasteiger partial charge on any atom is -0.494 e. The Balaban J connectivity index is 1.72. The average molecular weight is 340 g/mol. The van der Waals surface area contributed by atoms with Crippen LogP contribution in [0.3, 0.4) is 0 Å². The third kappa shape index (κ3) is 5.93. The zero-order valence-electron chi connectivity index (χ0n) is 15.7. The van der Waals surface area contributed by atoms with Gasteiger partial charge in [0.25, 0.3) is 0 Å². The van der Waals surface area contributed by atoms with Crippen LogP contribution in [-0.4, -0.2) is 12.6 Å². The molecule has 0 atom stereocenters. The van der Waals surface area contributed by atoms with Crippen molar-refractivity contribution in [3.63, 3.8) is 0 Å². The van der Waals surface area contributed by atoms with Crippen LogP contribution in [0.4, 0.5) is 0 Å². The maximum absolute atomic E-state index is 11.8. The minimum absolute atomic E-state index is 0.179. The zero-order valence-corrected chi connectivity index (χ0v) is 15.7. The summed E-state index contributed by atoms with van der Waals surface area (Å²) in [6, 6.07) is 15.7. The highest BCUT2D eigenvalue weighted by molar-refractivity contribution is 5.72. The van der Waals surface area contributed by atoms with Gasteiger partial charge in [0.05, 0.1) is 6.61 Å². The van der Waals surface area contributed by atoms with Crippen LogP contribution in [0.15, 0.2) is 48.5 Å². The van der Waals surface area contributed by atoms with Crippen molar-refractivity contribution in [1.29, 1.82) is 0 Å². The molecule has 0 heterocycles. The lowest BCUT2D eigenvalue weighted by Gasteiger charge is -2.23. The van der Waals surface area contributed by atoms with Gasteiger partial charge in [0, 0.05) is 6.42 Å². The maximum atomic E-state index is 11.8. The lowest BCUT2D eigenvalue weighted by molar-refractivity contribution is -0.134. The lowest BCUT2D eigenvalue weighted by Crippen LogP contribution is -2.15. The van der Waals surface area contributed by atoms with Gasteiger partial charge in [0.1, 0.15) is 11.5 Å². The molecule has 3 nitrogen and oxygen atoms in total. The predicted molar refractivity (Wildman–Crippen MR) is 101 cm³/mol. The maximum Gasteiger partial charge on any atom is 0.311 e. The molecule has 0 aliphatic heterocycles. The molecule has 0 unspecified atom stereocenters. The molecule has 0 radical (unpaired) electrons. The second kappa shape index (κ2) is 8.70. The van der Waals surface area contributed by atoms with Gasteiger partial charge in [-0.05, 0) is 55.0 Å². The molecular weight excluding hydrogens is 312 g/mol. The molecule has 0 saturated carbocycles. The summed E-state index contributed by atoms with van der Waals surface area (Å²) in [6.45, 7) is 9.17. The minimum atomic E-state index is -0.229.